The summed E-state index contributed by atoms with van der Waals surface area (Å²) in [6.45, 7) is 4.19. The minimum atomic E-state index is -0.0179. The predicted molar refractivity (Wildman–Crippen MR) is 87.1 cm³/mol. The van der Waals surface area contributed by atoms with Gasteiger partial charge in [-0.15, -0.1) is 0 Å². The minimum absolute atomic E-state index is 0.0179. The number of aryl methyl sites for hydroxylation is 2. The van der Waals surface area contributed by atoms with Crippen molar-refractivity contribution >= 4 is 26.7 Å². The molecule has 2 heterocycles. The SMILES string of the molecule is CCC1CCC1.Cc1cc2c(Br)cn(C)c(=O)c2cn1. The second-order valence-electron chi connectivity index (χ2n) is 5.47. The van der Waals surface area contributed by atoms with Crippen molar-refractivity contribution in [1.82, 2.24) is 9.55 Å². The second-order valence-corrected chi connectivity index (χ2v) is 6.32. The fourth-order valence-corrected chi connectivity index (χ4v) is 2.95. The summed E-state index contributed by atoms with van der Waals surface area (Å²) in [5, 5.41) is 1.56. The van der Waals surface area contributed by atoms with E-state index in [2.05, 4.69) is 27.8 Å². The topological polar surface area (TPSA) is 34.9 Å². The molecule has 0 radical (unpaired) electrons. The highest BCUT2D eigenvalue weighted by Crippen LogP contribution is 2.28. The van der Waals surface area contributed by atoms with Crippen LogP contribution in [0.5, 0.6) is 0 Å². The summed E-state index contributed by atoms with van der Waals surface area (Å²) in [7, 11) is 1.73. The van der Waals surface area contributed by atoms with Crippen LogP contribution in [0.4, 0.5) is 0 Å². The van der Waals surface area contributed by atoms with Gasteiger partial charge in [0.2, 0.25) is 0 Å². The maximum atomic E-state index is 11.7. The van der Waals surface area contributed by atoms with Crippen LogP contribution in [0.3, 0.4) is 0 Å². The first-order valence-corrected chi connectivity index (χ1v) is 7.93. The molecule has 0 unspecified atom stereocenters. The second kappa shape index (κ2) is 6.53. The van der Waals surface area contributed by atoms with Crippen LogP contribution in [0.1, 0.15) is 38.3 Å². The Morgan fingerprint density at radius 3 is 2.60 bits per heavy atom. The van der Waals surface area contributed by atoms with Crippen molar-refractivity contribution in [2.75, 3.05) is 0 Å². The number of aromatic nitrogens is 2. The molecule has 0 spiro atoms. The molecule has 0 aliphatic heterocycles. The Bertz CT molecular complexity index is 657. The summed E-state index contributed by atoms with van der Waals surface area (Å²) in [5.41, 5.74) is 0.891. The van der Waals surface area contributed by atoms with E-state index in [1.807, 2.05) is 13.0 Å². The van der Waals surface area contributed by atoms with Crippen molar-refractivity contribution < 1.29 is 0 Å². The molecule has 4 heteroatoms. The molecule has 0 N–H and O–H groups in total. The molecule has 1 aliphatic rings. The summed E-state index contributed by atoms with van der Waals surface area (Å²) in [6.07, 6.45) is 9.33. The van der Waals surface area contributed by atoms with Crippen LogP contribution >= 0.6 is 15.9 Å². The molecule has 2 aromatic heterocycles. The zero-order valence-corrected chi connectivity index (χ0v) is 13.9. The number of halogens is 1. The van der Waals surface area contributed by atoms with Crippen LogP contribution in [0.15, 0.2) is 27.7 Å². The average Bonchev–Trinajstić information content (AvgIpc) is 2.35. The first kappa shape index (κ1) is 15.2. The van der Waals surface area contributed by atoms with Gasteiger partial charge in [0.15, 0.2) is 0 Å². The van der Waals surface area contributed by atoms with Crippen molar-refractivity contribution in [3.05, 3.63) is 39.0 Å². The van der Waals surface area contributed by atoms with E-state index in [4.69, 9.17) is 0 Å². The van der Waals surface area contributed by atoms with Gasteiger partial charge in [-0.25, -0.2) is 0 Å². The molecule has 0 bridgehead atoms. The fourth-order valence-electron chi connectivity index (χ4n) is 2.32. The highest BCUT2D eigenvalue weighted by atomic mass is 79.9. The number of pyridine rings is 2. The van der Waals surface area contributed by atoms with Crippen LogP contribution in [0.25, 0.3) is 10.8 Å². The van der Waals surface area contributed by atoms with E-state index in [1.165, 1.54) is 25.7 Å². The minimum Gasteiger partial charge on any atom is -0.317 e. The fraction of sp³-hybridized carbons (Fsp3) is 0.500. The van der Waals surface area contributed by atoms with Crippen LogP contribution in [0.2, 0.25) is 0 Å². The van der Waals surface area contributed by atoms with E-state index in [-0.39, 0.29) is 5.56 Å². The molecule has 3 nitrogen and oxygen atoms in total. The van der Waals surface area contributed by atoms with Gasteiger partial charge in [0.05, 0.1) is 5.39 Å². The Labute approximate surface area is 128 Å². The van der Waals surface area contributed by atoms with Gasteiger partial charge in [0.1, 0.15) is 0 Å². The molecule has 0 atom stereocenters. The average molecular weight is 337 g/mol. The van der Waals surface area contributed by atoms with Gasteiger partial charge in [-0.2, -0.15) is 0 Å². The third-order valence-electron chi connectivity index (χ3n) is 3.96. The van der Waals surface area contributed by atoms with Crippen LogP contribution < -0.4 is 5.56 Å². The van der Waals surface area contributed by atoms with Crippen LogP contribution in [0, 0.1) is 12.8 Å². The molecular formula is C16H21BrN2O. The van der Waals surface area contributed by atoms with Gasteiger partial charge in [-0.3, -0.25) is 9.78 Å². The molecule has 108 valence electrons. The van der Waals surface area contributed by atoms with Gasteiger partial charge in [-0.1, -0.05) is 32.6 Å². The lowest BCUT2D eigenvalue weighted by Gasteiger charge is -2.22. The predicted octanol–water partition coefficient (Wildman–Crippen LogP) is 4.20. The van der Waals surface area contributed by atoms with Crippen molar-refractivity contribution in [3.8, 4) is 0 Å². The number of rotatable bonds is 1. The smallest absolute Gasteiger partial charge is 0.259 e. The Hall–Kier alpha value is -1.16. The number of fused-ring (bicyclic) bond motifs is 1. The standard InChI is InChI=1S/C10H9BrN2O.C6H12/c1-6-3-7-8(4-12-6)10(14)13(2)5-9(7)11;1-2-6-4-3-5-6/h3-5H,1-2H3;6H,2-5H2,1H3. The van der Waals surface area contributed by atoms with E-state index >= 15 is 0 Å². The zero-order chi connectivity index (χ0) is 14.7. The lowest BCUT2D eigenvalue weighted by atomic mass is 9.84. The number of nitrogens with zero attached hydrogens (tertiary/aromatic N) is 2. The Morgan fingerprint density at radius 2 is 2.10 bits per heavy atom. The summed E-state index contributed by atoms with van der Waals surface area (Å²) in [4.78, 5) is 15.8. The molecule has 1 aliphatic carbocycles. The van der Waals surface area contributed by atoms with E-state index < -0.39 is 0 Å². The summed E-state index contributed by atoms with van der Waals surface area (Å²) in [6, 6.07) is 1.90. The summed E-state index contributed by atoms with van der Waals surface area (Å²) in [5.74, 6) is 1.12. The molecule has 0 amide bonds. The highest BCUT2D eigenvalue weighted by molar-refractivity contribution is 9.10. The highest BCUT2D eigenvalue weighted by Gasteiger charge is 2.13. The monoisotopic (exact) mass is 336 g/mol. The third-order valence-corrected chi connectivity index (χ3v) is 4.59. The first-order chi connectivity index (χ1) is 9.52. The van der Waals surface area contributed by atoms with E-state index in [1.54, 1.807) is 24.0 Å². The molecule has 3 rings (SSSR count). The van der Waals surface area contributed by atoms with Gasteiger partial charge in [-0.05, 0) is 34.8 Å². The molecule has 1 saturated carbocycles. The van der Waals surface area contributed by atoms with Gasteiger partial charge in [0.25, 0.3) is 5.56 Å². The lowest BCUT2D eigenvalue weighted by Crippen LogP contribution is -2.16. The van der Waals surface area contributed by atoms with E-state index in [9.17, 15) is 4.79 Å². The normalized spacial score (nSPS) is 14.6. The van der Waals surface area contributed by atoms with Crippen LogP contribution in [-0.4, -0.2) is 9.55 Å². The Balaban J connectivity index is 0.000000205. The molecule has 2 aromatic rings. The van der Waals surface area contributed by atoms with Crippen molar-refractivity contribution in [1.29, 1.82) is 0 Å². The van der Waals surface area contributed by atoms with E-state index in [0.29, 0.717) is 5.39 Å². The van der Waals surface area contributed by atoms with Gasteiger partial charge < -0.3 is 4.57 Å². The van der Waals surface area contributed by atoms with Crippen molar-refractivity contribution in [3.63, 3.8) is 0 Å². The summed E-state index contributed by atoms with van der Waals surface area (Å²) < 4.78 is 2.46. The summed E-state index contributed by atoms with van der Waals surface area (Å²) >= 11 is 3.43. The molecule has 1 fully saturated rings. The van der Waals surface area contributed by atoms with Crippen molar-refractivity contribution in [2.24, 2.45) is 13.0 Å². The largest absolute Gasteiger partial charge is 0.317 e. The van der Waals surface area contributed by atoms with Crippen molar-refractivity contribution in [2.45, 2.75) is 39.5 Å². The zero-order valence-electron chi connectivity index (χ0n) is 12.3. The Kier molecular flexibility index (Phi) is 4.97. The maximum Gasteiger partial charge on any atom is 0.259 e. The first-order valence-electron chi connectivity index (χ1n) is 7.14. The molecular weight excluding hydrogens is 316 g/mol. The lowest BCUT2D eigenvalue weighted by molar-refractivity contribution is 0.307. The molecule has 0 saturated heterocycles. The molecule has 20 heavy (non-hydrogen) atoms. The van der Waals surface area contributed by atoms with Crippen LogP contribution in [-0.2, 0) is 7.05 Å². The maximum absolute atomic E-state index is 11.7. The third kappa shape index (κ3) is 3.29. The quantitative estimate of drug-likeness (QED) is 0.782. The Morgan fingerprint density at radius 1 is 1.40 bits per heavy atom. The number of hydrogen-bond acceptors (Lipinski definition) is 2. The number of hydrogen-bond donors (Lipinski definition) is 0. The van der Waals surface area contributed by atoms with E-state index in [0.717, 1.165) is 21.5 Å². The van der Waals surface area contributed by atoms with Gasteiger partial charge in [0, 0.05) is 35.0 Å². The molecule has 0 aromatic carbocycles. The van der Waals surface area contributed by atoms with Gasteiger partial charge >= 0.3 is 0 Å².